The van der Waals surface area contributed by atoms with Crippen LogP contribution < -0.4 is 9.47 Å². The first kappa shape index (κ1) is 35.1. The Labute approximate surface area is 302 Å². The van der Waals surface area contributed by atoms with E-state index >= 15 is 0 Å². The van der Waals surface area contributed by atoms with Crippen molar-refractivity contribution in [3.05, 3.63) is 94.0 Å². The van der Waals surface area contributed by atoms with Gasteiger partial charge in [-0.25, -0.2) is 4.79 Å². The smallest absolute Gasteiger partial charge is 0.338 e. The molecular weight excluding hydrogens is 716 g/mol. The molecule has 2 heterocycles. The highest BCUT2D eigenvalue weighted by molar-refractivity contribution is 5.91. The van der Waals surface area contributed by atoms with E-state index in [0.29, 0.717) is 0 Å². The summed E-state index contributed by atoms with van der Waals surface area (Å²) in [7, 11) is 0. The fraction of sp³-hybridized carbons (Fsp3) is 0.162. The summed E-state index contributed by atoms with van der Waals surface area (Å²) in [6.45, 7) is 0. The van der Waals surface area contributed by atoms with Crippen LogP contribution in [0.3, 0.4) is 0 Å². The van der Waals surface area contributed by atoms with E-state index in [-0.39, 0.29) is 39.3 Å². The number of esters is 1. The summed E-state index contributed by atoms with van der Waals surface area (Å²) in [5, 5.41) is 137. The minimum Gasteiger partial charge on any atom is -0.508 e. The number of ether oxygens (including phenoxy) is 3. The molecule has 0 amide bonds. The van der Waals surface area contributed by atoms with Gasteiger partial charge in [0, 0.05) is 46.9 Å². The first-order chi connectivity index (χ1) is 25.5. The summed E-state index contributed by atoms with van der Waals surface area (Å²) in [4.78, 5) is 13.4. The summed E-state index contributed by atoms with van der Waals surface area (Å²) in [6.07, 6.45) is -6.67. The second-order valence-corrected chi connectivity index (χ2v) is 12.7. The third-order valence-electron chi connectivity index (χ3n) is 9.31. The van der Waals surface area contributed by atoms with Gasteiger partial charge in [-0.3, -0.25) is 0 Å². The molecule has 0 unspecified atom stereocenters. The zero-order valence-electron chi connectivity index (χ0n) is 27.3. The zero-order valence-corrected chi connectivity index (χ0v) is 27.3. The zero-order chi connectivity index (χ0) is 38.9. The highest BCUT2D eigenvalue weighted by Crippen LogP contribution is 2.57. The van der Waals surface area contributed by atoms with Crippen molar-refractivity contribution >= 4 is 5.97 Å². The third-order valence-corrected chi connectivity index (χ3v) is 9.31. The number of carbonyl (C=O) groups is 1. The lowest BCUT2D eigenvalue weighted by atomic mass is 9.77. The molecule has 0 radical (unpaired) electrons. The largest absolute Gasteiger partial charge is 0.508 e. The van der Waals surface area contributed by atoms with Crippen molar-refractivity contribution in [2.75, 3.05) is 0 Å². The maximum absolute atomic E-state index is 13.4. The van der Waals surface area contributed by atoms with E-state index < -0.39 is 117 Å². The van der Waals surface area contributed by atoms with Crippen LogP contribution in [0.1, 0.15) is 56.3 Å². The maximum atomic E-state index is 13.4. The minimum absolute atomic E-state index is 0.107. The Hall–Kier alpha value is -7.27. The standard InChI is InChI=1S/C37H30O17/c38-15-8-20(42)28-26(9-15)52-35(12-1-2-17(39)19(41)3-12)33(50)30(28)29-21(43)11-18(40)16-10-27(53-37(51)14-6-24(46)32(49)25(47)7-14)34(54-36(16)29)13-4-22(44)31(48)23(45)5-13/h1-9,11,27,30,33-35,38-50H,10H2/t27-,30+,33-,34-,35-/m1/s1. The molecule has 280 valence electrons. The van der Waals surface area contributed by atoms with Crippen LogP contribution >= 0.6 is 0 Å². The van der Waals surface area contributed by atoms with Crippen LogP contribution in [0.25, 0.3) is 0 Å². The summed E-state index contributed by atoms with van der Waals surface area (Å²) >= 11 is 0. The molecule has 0 saturated heterocycles. The van der Waals surface area contributed by atoms with Gasteiger partial charge in [-0.1, -0.05) is 6.07 Å². The van der Waals surface area contributed by atoms with Crippen molar-refractivity contribution in [2.45, 2.75) is 36.8 Å². The number of phenols is 12. The SMILES string of the molecule is O=C(O[C@@H]1Cc2c(O)cc(O)c([C@@H]3c4c(O)cc(O)cc4O[C@H](c4ccc(O)c(O)c4)[C@@H]3O)c2O[C@@H]1c1cc(O)c(O)c(O)c1)c1cc(O)c(O)c(O)c1. The molecule has 0 aliphatic carbocycles. The van der Waals surface area contributed by atoms with Crippen LogP contribution in [0.15, 0.2) is 60.7 Å². The number of hydrogen-bond acceptors (Lipinski definition) is 17. The minimum atomic E-state index is -1.76. The molecule has 0 aromatic heterocycles. The summed E-state index contributed by atoms with van der Waals surface area (Å²) < 4.78 is 18.0. The molecule has 13 N–H and O–H groups in total. The second-order valence-electron chi connectivity index (χ2n) is 12.7. The van der Waals surface area contributed by atoms with Gasteiger partial charge in [-0.2, -0.15) is 0 Å². The average Bonchev–Trinajstić information content (AvgIpc) is 3.10. The number of aromatic hydroxyl groups is 12. The first-order valence-electron chi connectivity index (χ1n) is 15.9. The van der Waals surface area contributed by atoms with Gasteiger partial charge in [-0.15, -0.1) is 0 Å². The molecule has 54 heavy (non-hydrogen) atoms. The van der Waals surface area contributed by atoms with Gasteiger partial charge in [0.15, 0.2) is 58.2 Å². The number of carbonyl (C=O) groups excluding carboxylic acids is 1. The number of hydrogen-bond donors (Lipinski definition) is 13. The van der Waals surface area contributed by atoms with Gasteiger partial charge < -0.3 is 80.6 Å². The van der Waals surface area contributed by atoms with E-state index in [1.54, 1.807) is 0 Å². The molecule has 2 aliphatic heterocycles. The average molecular weight is 747 g/mol. The van der Waals surface area contributed by atoms with Crippen LogP contribution in [0.4, 0.5) is 0 Å². The van der Waals surface area contributed by atoms with E-state index in [2.05, 4.69) is 0 Å². The molecule has 0 saturated carbocycles. The summed E-state index contributed by atoms with van der Waals surface area (Å²) in [5.74, 6) is -11.8. The number of benzene rings is 5. The Bertz CT molecular complexity index is 2310. The van der Waals surface area contributed by atoms with Crippen molar-refractivity contribution < 1.29 is 85.4 Å². The highest BCUT2D eigenvalue weighted by atomic mass is 16.6. The monoisotopic (exact) mass is 746 g/mol. The Kier molecular flexibility index (Phi) is 8.29. The van der Waals surface area contributed by atoms with Crippen molar-refractivity contribution in [3.63, 3.8) is 0 Å². The second kappa shape index (κ2) is 12.7. The van der Waals surface area contributed by atoms with Gasteiger partial charge in [0.05, 0.1) is 11.5 Å². The van der Waals surface area contributed by atoms with E-state index in [0.717, 1.165) is 54.6 Å². The van der Waals surface area contributed by atoms with Crippen molar-refractivity contribution in [1.29, 1.82) is 0 Å². The third kappa shape index (κ3) is 5.77. The fourth-order valence-electron chi connectivity index (χ4n) is 6.79. The van der Waals surface area contributed by atoms with E-state index in [4.69, 9.17) is 14.2 Å². The van der Waals surface area contributed by atoms with Crippen molar-refractivity contribution in [1.82, 2.24) is 0 Å². The predicted molar refractivity (Wildman–Crippen MR) is 180 cm³/mol. The van der Waals surface area contributed by atoms with E-state index in [1.165, 1.54) is 6.07 Å². The molecule has 2 aliphatic rings. The van der Waals surface area contributed by atoms with Gasteiger partial charge in [0.25, 0.3) is 0 Å². The molecule has 5 aromatic carbocycles. The van der Waals surface area contributed by atoms with Crippen LogP contribution in [0.2, 0.25) is 0 Å². The molecule has 0 spiro atoms. The van der Waals surface area contributed by atoms with Crippen molar-refractivity contribution in [3.8, 4) is 80.5 Å². The number of aliphatic hydroxyl groups is 1. The van der Waals surface area contributed by atoms with Gasteiger partial charge >= 0.3 is 5.97 Å². The predicted octanol–water partition coefficient (Wildman–Crippen LogP) is 3.68. The molecule has 0 fully saturated rings. The number of phenolic OH excluding ortho intramolecular Hbond substituents is 12. The lowest BCUT2D eigenvalue weighted by Crippen LogP contribution is -2.38. The van der Waals surface area contributed by atoms with Crippen LogP contribution in [-0.4, -0.2) is 84.6 Å². The Morgan fingerprint density at radius 3 is 1.80 bits per heavy atom. The number of rotatable bonds is 5. The topological polar surface area (TPSA) is 308 Å². The van der Waals surface area contributed by atoms with Gasteiger partial charge in [-0.05, 0) is 42.0 Å². The Morgan fingerprint density at radius 1 is 0.574 bits per heavy atom. The highest BCUT2D eigenvalue weighted by Gasteiger charge is 2.47. The molecule has 17 heteroatoms. The molecule has 5 aromatic rings. The normalized spacial score (nSPS) is 20.2. The van der Waals surface area contributed by atoms with Crippen LogP contribution in [0.5, 0.6) is 80.5 Å². The van der Waals surface area contributed by atoms with Gasteiger partial charge in [0.1, 0.15) is 46.7 Å². The molecule has 5 atom stereocenters. The van der Waals surface area contributed by atoms with E-state index in [1.807, 2.05) is 0 Å². The Balaban J connectivity index is 1.40. The quantitative estimate of drug-likeness (QED) is 0.0901. The van der Waals surface area contributed by atoms with Gasteiger partial charge in [0.2, 0.25) is 0 Å². The molecule has 7 rings (SSSR count). The lowest BCUT2D eigenvalue weighted by Gasteiger charge is -2.40. The lowest BCUT2D eigenvalue weighted by molar-refractivity contribution is -0.0211. The Morgan fingerprint density at radius 2 is 1.17 bits per heavy atom. The van der Waals surface area contributed by atoms with Crippen LogP contribution in [0, 0.1) is 0 Å². The van der Waals surface area contributed by atoms with Crippen molar-refractivity contribution in [2.24, 2.45) is 0 Å². The van der Waals surface area contributed by atoms with E-state index in [9.17, 15) is 71.2 Å². The summed E-state index contributed by atoms with van der Waals surface area (Å²) in [6, 6.07) is 10.0. The van der Waals surface area contributed by atoms with Crippen LogP contribution in [-0.2, 0) is 11.2 Å². The maximum Gasteiger partial charge on any atom is 0.338 e. The molecule has 0 bridgehead atoms. The summed E-state index contributed by atoms with van der Waals surface area (Å²) in [5.41, 5.74) is -1.03. The number of fused-ring (bicyclic) bond motifs is 2. The first-order valence-corrected chi connectivity index (χ1v) is 15.9. The molecule has 17 nitrogen and oxygen atoms in total. The molecular formula is C37H30O17. The number of aliphatic hydroxyl groups excluding tert-OH is 1. The fourth-order valence-corrected chi connectivity index (χ4v) is 6.79.